The Kier molecular flexibility index (Phi) is 4.37. The van der Waals surface area contributed by atoms with Crippen molar-refractivity contribution in [2.45, 2.75) is 13.8 Å². The maximum Gasteiger partial charge on any atom is 0.255 e. The molecule has 2 amide bonds. The van der Waals surface area contributed by atoms with Gasteiger partial charge in [0.05, 0.1) is 11.0 Å². The van der Waals surface area contributed by atoms with Gasteiger partial charge < -0.3 is 20.8 Å². The highest BCUT2D eigenvalue weighted by molar-refractivity contribution is 5.97. The molecule has 0 saturated carbocycles. The molecule has 1 aromatic carbocycles. The van der Waals surface area contributed by atoms with Crippen molar-refractivity contribution in [1.29, 1.82) is 0 Å². The Labute approximate surface area is 111 Å². The molecule has 1 rings (SSSR count). The van der Waals surface area contributed by atoms with Gasteiger partial charge in [0.2, 0.25) is 5.91 Å². The van der Waals surface area contributed by atoms with Gasteiger partial charge in [-0.1, -0.05) is 0 Å². The van der Waals surface area contributed by atoms with Gasteiger partial charge in [-0.15, -0.1) is 0 Å². The highest BCUT2D eigenvalue weighted by atomic mass is 16.3. The zero-order valence-corrected chi connectivity index (χ0v) is 11.2. The van der Waals surface area contributed by atoms with Crippen LogP contribution in [0.15, 0.2) is 18.2 Å². The van der Waals surface area contributed by atoms with E-state index in [1.54, 1.807) is 13.8 Å². The molecule has 0 unspecified atom stereocenters. The van der Waals surface area contributed by atoms with E-state index in [-0.39, 0.29) is 29.5 Å². The Bertz CT molecular complexity index is 497. The van der Waals surface area contributed by atoms with Crippen LogP contribution in [0, 0.1) is 5.41 Å². The first-order chi connectivity index (χ1) is 8.77. The van der Waals surface area contributed by atoms with Crippen molar-refractivity contribution in [1.82, 2.24) is 10.6 Å². The van der Waals surface area contributed by atoms with E-state index in [4.69, 9.17) is 5.11 Å². The molecule has 0 aliphatic heterocycles. The lowest BCUT2D eigenvalue weighted by atomic mass is 9.92. The van der Waals surface area contributed by atoms with Gasteiger partial charge in [0.1, 0.15) is 11.5 Å². The molecule has 0 aromatic heterocycles. The van der Waals surface area contributed by atoms with Crippen molar-refractivity contribution in [2.24, 2.45) is 5.41 Å². The molecule has 0 aliphatic rings. The van der Waals surface area contributed by atoms with Crippen LogP contribution in [-0.2, 0) is 4.79 Å². The number of benzene rings is 1. The second-order valence-electron chi connectivity index (χ2n) is 4.85. The molecular formula is C13H18N2O4. The lowest BCUT2D eigenvalue weighted by molar-refractivity contribution is -0.128. The largest absolute Gasteiger partial charge is 0.508 e. The molecule has 0 bridgehead atoms. The fourth-order valence-electron chi connectivity index (χ4n) is 1.53. The summed E-state index contributed by atoms with van der Waals surface area (Å²) in [6, 6.07) is 3.70. The van der Waals surface area contributed by atoms with Gasteiger partial charge in [0, 0.05) is 19.7 Å². The summed E-state index contributed by atoms with van der Waals surface area (Å²) >= 11 is 0. The highest BCUT2D eigenvalue weighted by Gasteiger charge is 2.27. The molecule has 6 heteroatoms. The maximum absolute atomic E-state index is 11.8. The van der Waals surface area contributed by atoms with E-state index < -0.39 is 11.3 Å². The summed E-state index contributed by atoms with van der Waals surface area (Å²) in [6.07, 6.45) is 0. The number of rotatable bonds is 4. The standard InChI is InChI=1S/C13H18N2O4/c1-13(2,12(19)14-3)7-15-11(18)9-5-4-8(16)6-10(9)17/h4-6,16-17H,7H2,1-3H3,(H,14,19)(H,15,18). The number of amides is 2. The molecule has 0 saturated heterocycles. The van der Waals surface area contributed by atoms with Gasteiger partial charge in [-0.3, -0.25) is 9.59 Å². The minimum Gasteiger partial charge on any atom is -0.508 e. The van der Waals surface area contributed by atoms with E-state index >= 15 is 0 Å². The number of carbonyl (C=O) groups is 2. The zero-order valence-electron chi connectivity index (χ0n) is 11.2. The number of phenols is 2. The maximum atomic E-state index is 11.8. The van der Waals surface area contributed by atoms with Gasteiger partial charge in [-0.05, 0) is 26.0 Å². The Morgan fingerprint density at radius 3 is 2.42 bits per heavy atom. The quantitative estimate of drug-likeness (QED) is 0.641. The lowest BCUT2D eigenvalue weighted by Crippen LogP contribution is -2.43. The summed E-state index contributed by atoms with van der Waals surface area (Å²) < 4.78 is 0. The van der Waals surface area contributed by atoms with Crippen LogP contribution < -0.4 is 10.6 Å². The fourth-order valence-corrected chi connectivity index (χ4v) is 1.53. The molecule has 1 aromatic rings. The molecule has 104 valence electrons. The van der Waals surface area contributed by atoms with Gasteiger partial charge in [-0.25, -0.2) is 0 Å². The smallest absolute Gasteiger partial charge is 0.255 e. The van der Waals surface area contributed by atoms with Gasteiger partial charge in [0.15, 0.2) is 0 Å². The van der Waals surface area contributed by atoms with Crippen LogP contribution in [0.3, 0.4) is 0 Å². The van der Waals surface area contributed by atoms with Crippen molar-refractivity contribution in [3.63, 3.8) is 0 Å². The van der Waals surface area contributed by atoms with E-state index in [0.29, 0.717) is 0 Å². The number of carbonyl (C=O) groups excluding carboxylic acids is 2. The summed E-state index contributed by atoms with van der Waals surface area (Å²) in [4.78, 5) is 23.4. The summed E-state index contributed by atoms with van der Waals surface area (Å²) in [7, 11) is 1.53. The van der Waals surface area contributed by atoms with Crippen LogP contribution in [-0.4, -0.2) is 35.6 Å². The Hall–Kier alpha value is -2.24. The van der Waals surface area contributed by atoms with Crippen LogP contribution in [0.2, 0.25) is 0 Å². The number of nitrogens with one attached hydrogen (secondary N) is 2. The second kappa shape index (κ2) is 5.60. The molecule has 0 heterocycles. The third-order valence-corrected chi connectivity index (χ3v) is 2.76. The second-order valence-corrected chi connectivity index (χ2v) is 4.85. The summed E-state index contributed by atoms with van der Waals surface area (Å²) in [6.45, 7) is 3.53. The van der Waals surface area contributed by atoms with Crippen LogP contribution >= 0.6 is 0 Å². The first kappa shape index (κ1) is 14.8. The first-order valence-electron chi connectivity index (χ1n) is 5.80. The molecule has 19 heavy (non-hydrogen) atoms. The minimum absolute atomic E-state index is 0.0468. The van der Waals surface area contributed by atoms with E-state index in [1.807, 2.05) is 0 Å². The molecule has 0 aliphatic carbocycles. The molecule has 6 nitrogen and oxygen atoms in total. The summed E-state index contributed by atoms with van der Waals surface area (Å²) in [5.41, 5.74) is -0.706. The number of phenolic OH excluding ortho intramolecular Hbond substituents is 2. The number of hydrogen-bond acceptors (Lipinski definition) is 4. The Balaban J connectivity index is 2.73. The van der Waals surface area contributed by atoms with Crippen LogP contribution in [0.4, 0.5) is 0 Å². The SMILES string of the molecule is CNC(=O)C(C)(C)CNC(=O)c1ccc(O)cc1O. The molecule has 0 fully saturated rings. The van der Waals surface area contributed by atoms with Crippen LogP contribution in [0.5, 0.6) is 11.5 Å². The van der Waals surface area contributed by atoms with E-state index in [2.05, 4.69) is 10.6 Å². The van der Waals surface area contributed by atoms with Crippen LogP contribution in [0.1, 0.15) is 24.2 Å². The fraction of sp³-hybridized carbons (Fsp3) is 0.385. The zero-order chi connectivity index (χ0) is 14.6. The van der Waals surface area contributed by atoms with Crippen molar-refractivity contribution >= 4 is 11.8 Å². The normalized spacial score (nSPS) is 10.9. The third-order valence-electron chi connectivity index (χ3n) is 2.76. The van der Waals surface area contributed by atoms with Gasteiger partial charge >= 0.3 is 0 Å². The third kappa shape index (κ3) is 3.61. The monoisotopic (exact) mass is 266 g/mol. The molecule has 0 spiro atoms. The average molecular weight is 266 g/mol. The van der Waals surface area contributed by atoms with Crippen LogP contribution in [0.25, 0.3) is 0 Å². The van der Waals surface area contributed by atoms with Crippen molar-refractivity contribution in [2.75, 3.05) is 13.6 Å². The lowest BCUT2D eigenvalue weighted by Gasteiger charge is -2.22. The Morgan fingerprint density at radius 1 is 1.26 bits per heavy atom. The van der Waals surface area contributed by atoms with Gasteiger partial charge in [-0.2, -0.15) is 0 Å². The predicted molar refractivity (Wildman–Crippen MR) is 70.0 cm³/mol. The average Bonchev–Trinajstić information content (AvgIpc) is 2.35. The molecular weight excluding hydrogens is 248 g/mol. The predicted octanol–water partition coefficient (Wildman–Crippen LogP) is 0.600. The topological polar surface area (TPSA) is 98.7 Å². The van der Waals surface area contributed by atoms with E-state index in [1.165, 1.54) is 19.2 Å². The molecule has 0 radical (unpaired) electrons. The van der Waals surface area contributed by atoms with Crippen molar-refractivity contribution < 1.29 is 19.8 Å². The van der Waals surface area contributed by atoms with E-state index in [0.717, 1.165) is 6.07 Å². The summed E-state index contributed by atoms with van der Waals surface area (Å²) in [5, 5.41) is 23.8. The molecule has 0 atom stereocenters. The number of hydrogen-bond donors (Lipinski definition) is 4. The van der Waals surface area contributed by atoms with Crippen molar-refractivity contribution in [3.05, 3.63) is 23.8 Å². The van der Waals surface area contributed by atoms with E-state index in [9.17, 15) is 14.7 Å². The highest BCUT2D eigenvalue weighted by Crippen LogP contribution is 2.22. The Morgan fingerprint density at radius 2 is 1.89 bits per heavy atom. The van der Waals surface area contributed by atoms with Crippen molar-refractivity contribution in [3.8, 4) is 11.5 Å². The summed E-state index contributed by atoms with van der Waals surface area (Å²) in [5.74, 6) is -1.13. The minimum atomic E-state index is -0.753. The number of aromatic hydroxyl groups is 2. The first-order valence-corrected chi connectivity index (χ1v) is 5.80. The molecule has 4 N–H and O–H groups in total. The van der Waals surface area contributed by atoms with Gasteiger partial charge in [0.25, 0.3) is 5.91 Å².